The molecule has 0 rings (SSSR count). The second-order valence-electron chi connectivity index (χ2n) is 2.14. The highest BCUT2D eigenvalue weighted by Crippen LogP contribution is 1.62. The number of hydrogen-bond acceptors (Lipinski definition) is 2. The number of likely N-dealkylation sites (N-methyl/N-ethyl adjacent to an activating group) is 1. The maximum Gasteiger partial charge on any atom is 0.133 e. The predicted octanol–water partition coefficient (Wildman–Crippen LogP) is 2.19. The zero-order valence-electron chi connectivity index (χ0n) is 8.85. The molecule has 2 heteroatoms. The van der Waals surface area contributed by atoms with Crippen LogP contribution < -0.4 is 0 Å². The summed E-state index contributed by atoms with van der Waals surface area (Å²) in [6.07, 6.45) is 2.12. The molecule has 0 N–H and O–H groups in total. The molecule has 0 bridgehead atoms. The molecule has 0 aliphatic rings. The van der Waals surface area contributed by atoms with Crippen LogP contribution in [0.2, 0.25) is 0 Å². The summed E-state index contributed by atoms with van der Waals surface area (Å²) in [5.74, 6) is 0. The van der Waals surface area contributed by atoms with E-state index in [2.05, 4.69) is 13.8 Å². The Bertz CT molecular complexity index is 53.5. The molecule has 2 nitrogen and oxygen atoms in total. The van der Waals surface area contributed by atoms with Crippen molar-refractivity contribution in [1.82, 2.24) is 4.90 Å². The number of aldehydes is 1. The molecule has 70 valence electrons. The molecule has 0 aliphatic heterocycles. The van der Waals surface area contributed by atoms with E-state index in [9.17, 15) is 4.79 Å². The lowest BCUT2D eigenvalue weighted by atomic mass is 10.6. The van der Waals surface area contributed by atoms with Gasteiger partial charge in [-0.15, -0.1) is 0 Å². The monoisotopic (exact) mass is 161 g/mol. The fourth-order valence-corrected chi connectivity index (χ4v) is 0.149. The first kappa shape index (κ1) is 16.9. The molecule has 0 amide bonds. The Morgan fingerprint density at radius 2 is 1.45 bits per heavy atom. The molecule has 0 aromatic carbocycles. The minimum atomic E-state index is 0.528. The van der Waals surface area contributed by atoms with Crippen LogP contribution in [0.15, 0.2) is 0 Å². The van der Waals surface area contributed by atoms with Crippen molar-refractivity contribution >= 4 is 6.29 Å². The summed E-state index contributed by atoms with van der Waals surface area (Å²) in [5, 5.41) is 0. The molecular formula is C9H23NO. The summed E-state index contributed by atoms with van der Waals surface area (Å²) >= 11 is 0. The first-order chi connectivity index (χ1) is 5.18. The fourth-order valence-electron chi connectivity index (χ4n) is 0.149. The van der Waals surface area contributed by atoms with Gasteiger partial charge in [0.25, 0.3) is 0 Å². The molecular weight excluding hydrogens is 138 g/mol. The third-order valence-electron chi connectivity index (χ3n) is 0.440. The summed E-state index contributed by atoms with van der Waals surface area (Å²) in [6, 6.07) is 0. The van der Waals surface area contributed by atoms with Crippen LogP contribution in [0.4, 0.5) is 0 Å². The van der Waals surface area contributed by atoms with Gasteiger partial charge in [0, 0.05) is 0 Å². The molecule has 0 heterocycles. The maximum atomic E-state index is 9.57. The van der Waals surface area contributed by atoms with Gasteiger partial charge in [0.05, 0.1) is 6.54 Å². The molecule has 0 saturated carbocycles. The summed E-state index contributed by atoms with van der Waals surface area (Å²) in [4.78, 5) is 11.4. The first-order valence-electron chi connectivity index (χ1n) is 4.27. The van der Waals surface area contributed by atoms with Gasteiger partial charge in [0.2, 0.25) is 0 Å². The Morgan fingerprint density at radius 1 is 1.18 bits per heavy atom. The standard InChI is InChI=1S/C4H9NO.C3H8.C2H6/c1-5(2)3-4-6;1-3-2;1-2/h4H,3H2,1-2H3;3H2,1-2H3;1-2H3. The highest BCUT2D eigenvalue weighted by atomic mass is 16.1. The number of rotatable bonds is 2. The fraction of sp³-hybridized carbons (Fsp3) is 0.889. The van der Waals surface area contributed by atoms with Gasteiger partial charge >= 0.3 is 0 Å². The van der Waals surface area contributed by atoms with Gasteiger partial charge in [0.1, 0.15) is 6.29 Å². The molecule has 0 aromatic rings. The summed E-state index contributed by atoms with van der Waals surface area (Å²) in [7, 11) is 3.71. The predicted molar refractivity (Wildman–Crippen MR) is 51.9 cm³/mol. The van der Waals surface area contributed by atoms with Crippen molar-refractivity contribution in [3.8, 4) is 0 Å². The normalized spacial score (nSPS) is 7.18. The van der Waals surface area contributed by atoms with Crippen LogP contribution in [-0.2, 0) is 4.79 Å². The van der Waals surface area contributed by atoms with Crippen LogP contribution in [0.5, 0.6) is 0 Å². The van der Waals surface area contributed by atoms with Crippen LogP contribution in [0.25, 0.3) is 0 Å². The SMILES string of the molecule is CC.CCC.CN(C)CC=O. The van der Waals surface area contributed by atoms with E-state index in [1.807, 2.05) is 32.8 Å². The van der Waals surface area contributed by atoms with E-state index in [1.54, 1.807) is 0 Å². The topological polar surface area (TPSA) is 20.3 Å². The minimum Gasteiger partial charge on any atom is -0.303 e. The summed E-state index contributed by atoms with van der Waals surface area (Å²) in [6.45, 7) is 8.78. The van der Waals surface area contributed by atoms with Gasteiger partial charge < -0.3 is 9.69 Å². The lowest BCUT2D eigenvalue weighted by Gasteiger charge is -1.99. The van der Waals surface area contributed by atoms with Gasteiger partial charge in [-0.1, -0.05) is 34.1 Å². The van der Waals surface area contributed by atoms with Crippen LogP contribution in [0.3, 0.4) is 0 Å². The Kier molecular flexibility index (Phi) is 34.8. The van der Waals surface area contributed by atoms with Crippen molar-refractivity contribution in [2.24, 2.45) is 0 Å². The van der Waals surface area contributed by atoms with Crippen molar-refractivity contribution in [1.29, 1.82) is 0 Å². The van der Waals surface area contributed by atoms with Crippen molar-refractivity contribution in [2.45, 2.75) is 34.1 Å². The quantitative estimate of drug-likeness (QED) is 0.579. The zero-order valence-corrected chi connectivity index (χ0v) is 8.85. The van der Waals surface area contributed by atoms with E-state index < -0.39 is 0 Å². The van der Waals surface area contributed by atoms with E-state index >= 15 is 0 Å². The van der Waals surface area contributed by atoms with E-state index in [-0.39, 0.29) is 0 Å². The molecule has 11 heavy (non-hydrogen) atoms. The average molecular weight is 161 g/mol. The van der Waals surface area contributed by atoms with Crippen LogP contribution in [0, 0.1) is 0 Å². The number of hydrogen-bond donors (Lipinski definition) is 0. The largest absolute Gasteiger partial charge is 0.303 e. The van der Waals surface area contributed by atoms with Crippen LogP contribution >= 0.6 is 0 Å². The smallest absolute Gasteiger partial charge is 0.133 e. The summed E-state index contributed by atoms with van der Waals surface area (Å²) < 4.78 is 0. The third kappa shape index (κ3) is 81.1. The molecule has 0 atom stereocenters. The molecule has 0 spiro atoms. The maximum absolute atomic E-state index is 9.57. The lowest BCUT2D eigenvalue weighted by molar-refractivity contribution is -0.108. The van der Waals surface area contributed by atoms with Crippen molar-refractivity contribution in [3.63, 3.8) is 0 Å². The Labute approximate surface area is 71.6 Å². The Hall–Kier alpha value is -0.370. The molecule has 0 unspecified atom stereocenters. The zero-order chi connectivity index (χ0) is 9.70. The number of carbonyl (C=O) groups is 1. The highest BCUT2D eigenvalue weighted by molar-refractivity contribution is 5.51. The summed E-state index contributed by atoms with van der Waals surface area (Å²) in [5.41, 5.74) is 0. The Morgan fingerprint density at radius 3 is 1.45 bits per heavy atom. The van der Waals surface area contributed by atoms with Gasteiger partial charge in [-0.2, -0.15) is 0 Å². The van der Waals surface area contributed by atoms with Gasteiger partial charge in [-0.3, -0.25) is 0 Å². The molecule has 0 fully saturated rings. The van der Waals surface area contributed by atoms with Gasteiger partial charge in [0.15, 0.2) is 0 Å². The van der Waals surface area contributed by atoms with Crippen molar-refractivity contribution in [2.75, 3.05) is 20.6 Å². The number of carbonyl (C=O) groups excluding carboxylic acids is 1. The van der Waals surface area contributed by atoms with Crippen molar-refractivity contribution < 1.29 is 4.79 Å². The average Bonchev–Trinajstić information content (AvgIpc) is 1.93. The van der Waals surface area contributed by atoms with Gasteiger partial charge in [-0.25, -0.2) is 0 Å². The van der Waals surface area contributed by atoms with E-state index in [0.29, 0.717) is 6.54 Å². The molecule has 0 saturated heterocycles. The van der Waals surface area contributed by atoms with Crippen LogP contribution in [0.1, 0.15) is 34.1 Å². The molecule has 0 aromatic heterocycles. The van der Waals surface area contributed by atoms with Crippen molar-refractivity contribution in [3.05, 3.63) is 0 Å². The van der Waals surface area contributed by atoms with Crippen LogP contribution in [-0.4, -0.2) is 31.8 Å². The van der Waals surface area contributed by atoms with Gasteiger partial charge in [-0.05, 0) is 14.1 Å². The number of nitrogens with zero attached hydrogens (tertiary/aromatic N) is 1. The second kappa shape index (κ2) is 22.6. The third-order valence-corrected chi connectivity index (χ3v) is 0.440. The van der Waals surface area contributed by atoms with E-state index in [1.165, 1.54) is 6.42 Å². The molecule has 0 radical (unpaired) electrons. The first-order valence-corrected chi connectivity index (χ1v) is 4.27. The second-order valence-corrected chi connectivity index (χ2v) is 2.14. The Balaban J connectivity index is -0.000000109. The highest BCUT2D eigenvalue weighted by Gasteiger charge is 1.79. The molecule has 0 aliphatic carbocycles. The van der Waals surface area contributed by atoms with E-state index in [4.69, 9.17) is 0 Å². The lowest BCUT2D eigenvalue weighted by Crippen LogP contribution is -2.13. The minimum absolute atomic E-state index is 0.528. The van der Waals surface area contributed by atoms with E-state index in [0.717, 1.165) is 6.29 Å².